The lowest BCUT2D eigenvalue weighted by molar-refractivity contribution is -0.133. The number of rotatable bonds is 3. The number of carbonyl (C=O) groups is 2. The lowest BCUT2D eigenvalue weighted by Crippen LogP contribution is -2.47. The van der Waals surface area contributed by atoms with Gasteiger partial charge < -0.3 is 14.7 Å². The molecule has 0 N–H and O–H groups in total. The van der Waals surface area contributed by atoms with E-state index in [1.165, 1.54) is 11.1 Å². The molecular weight excluding hydrogens is 400 g/mol. The van der Waals surface area contributed by atoms with Crippen molar-refractivity contribution in [3.63, 3.8) is 0 Å². The molecule has 1 aliphatic carbocycles. The van der Waals surface area contributed by atoms with E-state index in [0.29, 0.717) is 17.9 Å². The van der Waals surface area contributed by atoms with E-state index in [-0.39, 0.29) is 17.2 Å². The first kappa shape index (κ1) is 21.1. The summed E-state index contributed by atoms with van der Waals surface area (Å²) >= 11 is 0. The monoisotopic (exact) mass is 432 g/mol. The van der Waals surface area contributed by atoms with Crippen LogP contribution in [0.1, 0.15) is 53.1 Å². The molecule has 5 rings (SSSR count). The molecule has 2 amide bonds. The molecule has 0 bridgehead atoms. The Morgan fingerprint density at radius 2 is 1.62 bits per heavy atom. The zero-order valence-corrected chi connectivity index (χ0v) is 18.9. The van der Waals surface area contributed by atoms with Gasteiger partial charge in [0, 0.05) is 63.6 Å². The topological polar surface area (TPSA) is 56.8 Å². The number of piperazine rings is 1. The molecule has 1 spiro atoms. The lowest BCUT2D eigenvalue weighted by atomic mass is 9.73. The Morgan fingerprint density at radius 1 is 0.938 bits per heavy atom. The van der Waals surface area contributed by atoms with Crippen molar-refractivity contribution in [3.8, 4) is 0 Å². The zero-order chi connectivity index (χ0) is 22.1. The van der Waals surface area contributed by atoms with Crippen LogP contribution in [0.25, 0.3) is 0 Å². The maximum atomic E-state index is 13.1. The summed E-state index contributed by atoms with van der Waals surface area (Å²) in [5, 5.41) is 0. The number of amides is 2. The van der Waals surface area contributed by atoms with E-state index in [0.717, 1.165) is 58.5 Å². The standard InChI is InChI=1S/C26H32N4O2/c1-28-14-16-29(17-15-28)24(31)18-21-19-26(23-5-3-2-4-22(21)23)8-12-30(13-9-26)25(32)20-6-10-27-11-7-20/h2-7,10-11,21H,8-9,12-19H2,1H3/t21-/m1/s1. The highest BCUT2D eigenvalue weighted by atomic mass is 16.2. The predicted molar refractivity (Wildman–Crippen MR) is 124 cm³/mol. The molecule has 3 heterocycles. The number of fused-ring (bicyclic) bond motifs is 2. The van der Waals surface area contributed by atoms with Crippen molar-refractivity contribution in [3.05, 3.63) is 65.5 Å². The van der Waals surface area contributed by atoms with Crippen LogP contribution in [0.15, 0.2) is 48.8 Å². The molecule has 0 unspecified atom stereocenters. The van der Waals surface area contributed by atoms with Crippen molar-refractivity contribution in [1.82, 2.24) is 19.7 Å². The summed E-state index contributed by atoms with van der Waals surface area (Å²) in [6.45, 7) is 5.10. The molecule has 2 aromatic rings. The molecule has 1 aromatic heterocycles. The first-order valence-corrected chi connectivity index (χ1v) is 11.8. The minimum Gasteiger partial charge on any atom is -0.340 e. The second-order valence-corrected chi connectivity index (χ2v) is 9.68. The van der Waals surface area contributed by atoms with Gasteiger partial charge in [0.25, 0.3) is 5.91 Å². The largest absolute Gasteiger partial charge is 0.340 e. The Morgan fingerprint density at radius 3 is 2.34 bits per heavy atom. The van der Waals surface area contributed by atoms with E-state index < -0.39 is 0 Å². The van der Waals surface area contributed by atoms with Gasteiger partial charge in [-0.25, -0.2) is 0 Å². The molecule has 1 aromatic carbocycles. The van der Waals surface area contributed by atoms with Crippen LogP contribution in [-0.4, -0.2) is 77.8 Å². The van der Waals surface area contributed by atoms with Crippen molar-refractivity contribution < 1.29 is 9.59 Å². The van der Waals surface area contributed by atoms with Crippen molar-refractivity contribution in [2.45, 2.75) is 37.0 Å². The normalized spacial score (nSPS) is 22.7. The van der Waals surface area contributed by atoms with Crippen LogP contribution in [0.5, 0.6) is 0 Å². The summed E-state index contributed by atoms with van der Waals surface area (Å²) < 4.78 is 0. The van der Waals surface area contributed by atoms with E-state index in [2.05, 4.69) is 41.2 Å². The van der Waals surface area contributed by atoms with Crippen LogP contribution in [0.4, 0.5) is 0 Å². The van der Waals surface area contributed by atoms with Crippen LogP contribution in [0.2, 0.25) is 0 Å². The summed E-state index contributed by atoms with van der Waals surface area (Å²) in [7, 11) is 2.12. The average Bonchev–Trinajstić information content (AvgIpc) is 3.13. The number of carbonyl (C=O) groups excluding carboxylic acids is 2. The summed E-state index contributed by atoms with van der Waals surface area (Å²) in [5.41, 5.74) is 3.55. The third-order valence-electron chi connectivity index (χ3n) is 7.82. The molecule has 2 fully saturated rings. The number of piperidine rings is 1. The van der Waals surface area contributed by atoms with Gasteiger partial charge in [0.15, 0.2) is 0 Å². The number of hydrogen-bond donors (Lipinski definition) is 0. The van der Waals surface area contributed by atoms with Crippen molar-refractivity contribution in [2.24, 2.45) is 0 Å². The van der Waals surface area contributed by atoms with Gasteiger partial charge in [0.1, 0.15) is 0 Å². The van der Waals surface area contributed by atoms with Gasteiger partial charge in [-0.2, -0.15) is 0 Å². The van der Waals surface area contributed by atoms with Gasteiger partial charge in [-0.15, -0.1) is 0 Å². The minimum absolute atomic E-state index is 0.0820. The summed E-state index contributed by atoms with van der Waals surface area (Å²) in [6.07, 6.45) is 6.88. The van der Waals surface area contributed by atoms with E-state index in [4.69, 9.17) is 0 Å². The number of hydrogen-bond acceptors (Lipinski definition) is 4. The smallest absolute Gasteiger partial charge is 0.253 e. The van der Waals surface area contributed by atoms with Gasteiger partial charge in [-0.1, -0.05) is 24.3 Å². The fourth-order valence-electron chi connectivity index (χ4n) is 5.89. The second kappa shape index (κ2) is 8.66. The highest BCUT2D eigenvalue weighted by Gasteiger charge is 2.46. The molecule has 2 saturated heterocycles. The zero-order valence-electron chi connectivity index (χ0n) is 18.9. The van der Waals surface area contributed by atoms with Crippen LogP contribution in [-0.2, 0) is 10.2 Å². The Hall–Kier alpha value is -2.73. The van der Waals surface area contributed by atoms with Gasteiger partial charge in [-0.3, -0.25) is 14.6 Å². The average molecular weight is 433 g/mol. The molecule has 0 radical (unpaired) electrons. The number of benzene rings is 1. The molecule has 6 nitrogen and oxygen atoms in total. The molecule has 2 aliphatic heterocycles. The molecule has 0 saturated carbocycles. The van der Waals surface area contributed by atoms with Gasteiger partial charge >= 0.3 is 0 Å². The Balaban J connectivity index is 1.29. The Bertz CT molecular complexity index is 976. The number of nitrogens with zero attached hydrogens (tertiary/aromatic N) is 4. The Kier molecular flexibility index (Phi) is 5.72. The highest BCUT2D eigenvalue weighted by Crippen LogP contribution is 2.52. The van der Waals surface area contributed by atoms with Crippen LogP contribution in [0, 0.1) is 0 Å². The predicted octanol–water partition coefficient (Wildman–Crippen LogP) is 2.91. The molecule has 1 atom stereocenters. The Labute approximate surface area is 190 Å². The maximum absolute atomic E-state index is 13.1. The van der Waals surface area contributed by atoms with Crippen molar-refractivity contribution in [2.75, 3.05) is 46.3 Å². The third-order valence-corrected chi connectivity index (χ3v) is 7.82. The number of likely N-dealkylation sites (tertiary alicyclic amines) is 1. The summed E-state index contributed by atoms with van der Waals surface area (Å²) in [6, 6.07) is 12.3. The van der Waals surface area contributed by atoms with Gasteiger partial charge in [-0.05, 0) is 60.9 Å². The fraction of sp³-hybridized carbons (Fsp3) is 0.500. The molecule has 6 heteroatoms. The number of likely N-dealkylation sites (N-methyl/N-ethyl adjacent to an activating group) is 1. The maximum Gasteiger partial charge on any atom is 0.253 e. The van der Waals surface area contributed by atoms with Crippen molar-refractivity contribution >= 4 is 11.8 Å². The molecule has 32 heavy (non-hydrogen) atoms. The van der Waals surface area contributed by atoms with E-state index in [1.807, 2.05) is 9.80 Å². The quantitative estimate of drug-likeness (QED) is 0.748. The first-order valence-electron chi connectivity index (χ1n) is 11.8. The summed E-state index contributed by atoms with van der Waals surface area (Å²) in [5.74, 6) is 0.663. The lowest BCUT2D eigenvalue weighted by Gasteiger charge is -2.40. The highest BCUT2D eigenvalue weighted by molar-refractivity contribution is 5.94. The SMILES string of the molecule is CN1CCN(C(=O)C[C@@H]2CC3(CCN(C(=O)c4ccncc4)CC3)c3ccccc32)CC1. The van der Waals surface area contributed by atoms with Crippen LogP contribution < -0.4 is 0 Å². The minimum atomic E-state index is 0.0820. The second-order valence-electron chi connectivity index (χ2n) is 9.68. The van der Waals surface area contributed by atoms with Gasteiger partial charge in [0.2, 0.25) is 5.91 Å². The first-order chi connectivity index (χ1) is 15.6. The molecule has 3 aliphatic rings. The van der Waals surface area contributed by atoms with Crippen LogP contribution in [0.3, 0.4) is 0 Å². The number of aromatic nitrogens is 1. The molecule has 168 valence electrons. The van der Waals surface area contributed by atoms with E-state index in [9.17, 15) is 9.59 Å². The van der Waals surface area contributed by atoms with Crippen molar-refractivity contribution in [1.29, 1.82) is 0 Å². The van der Waals surface area contributed by atoms with Gasteiger partial charge in [0.05, 0.1) is 0 Å². The van der Waals surface area contributed by atoms with E-state index in [1.54, 1.807) is 24.5 Å². The fourth-order valence-corrected chi connectivity index (χ4v) is 5.89. The number of pyridine rings is 1. The third kappa shape index (κ3) is 3.92. The van der Waals surface area contributed by atoms with E-state index >= 15 is 0 Å². The van der Waals surface area contributed by atoms with Crippen LogP contribution >= 0.6 is 0 Å². The molecular formula is C26H32N4O2. The summed E-state index contributed by atoms with van der Waals surface area (Å²) in [4.78, 5) is 36.3.